The van der Waals surface area contributed by atoms with Gasteiger partial charge in [0.2, 0.25) is 0 Å². The van der Waals surface area contributed by atoms with Crippen molar-refractivity contribution in [2.75, 3.05) is 25.2 Å². The second-order valence-corrected chi connectivity index (χ2v) is 8.75. The van der Waals surface area contributed by atoms with Gasteiger partial charge in [0.15, 0.2) is 6.61 Å². The first-order valence-corrected chi connectivity index (χ1v) is 11.9. The number of imide groups is 1. The van der Waals surface area contributed by atoms with Gasteiger partial charge < -0.3 is 9.64 Å². The number of carbonyl (C=O) groups excluding carboxylic acids is 4. The van der Waals surface area contributed by atoms with E-state index >= 15 is 0 Å². The molecular weight excluding hydrogens is 428 g/mol. The molecule has 166 valence electrons. The lowest BCUT2D eigenvalue weighted by atomic mass is 10.00. The SMILES string of the molecule is CSCCC(C(=O)OCC(=O)N1CCc2ccccc2C1)N1C(=O)c2ccccc2C1=O. The van der Waals surface area contributed by atoms with Crippen molar-refractivity contribution >= 4 is 35.5 Å². The van der Waals surface area contributed by atoms with E-state index in [9.17, 15) is 19.2 Å². The molecule has 2 heterocycles. The van der Waals surface area contributed by atoms with Crippen LogP contribution in [0.15, 0.2) is 48.5 Å². The Balaban J connectivity index is 1.42. The fourth-order valence-corrected chi connectivity index (χ4v) is 4.56. The zero-order valence-corrected chi connectivity index (χ0v) is 18.6. The van der Waals surface area contributed by atoms with Crippen LogP contribution in [-0.4, -0.2) is 64.7 Å². The summed E-state index contributed by atoms with van der Waals surface area (Å²) in [7, 11) is 0. The smallest absolute Gasteiger partial charge is 0.329 e. The summed E-state index contributed by atoms with van der Waals surface area (Å²) < 4.78 is 5.33. The first-order valence-electron chi connectivity index (χ1n) is 10.5. The van der Waals surface area contributed by atoms with Crippen LogP contribution < -0.4 is 0 Å². The third-order valence-corrected chi connectivity index (χ3v) is 6.47. The van der Waals surface area contributed by atoms with Crippen LogP contribution in [0, 0.1) is 0 Å². The predicted molar refractivity (Wildman–Crippen MR) is 120 cm³/mol. The highest BCUT2D eigenvalue weighted by Crippen LogP contribution is 2.27. The van der Waals surface area contributed by atoms with Crippen LogP contribution in [0.4, 0.5) is 0 Å². The third-order valence-electron chi connectivity index (χ3n) is 5.83. The molecule has 1 atom stereocenters. The Labute approximate surface area is 190 Å². The van der Waals surface area contributed by atoms with Crippen LogP contribution in [0.2, 0.25) is 0 Å². The lowest BCUT2D eigenvalue weighted by Gasteiger charge is -2.29. The third kappa shape index (κ3) is 4.27. The second kappa shape index (κ2) is 9.56. The first-order chi connectivity index (χ1) is 15.5. The summed E-state index contributed by atoms with van der Waals surface area (Å²) in [6.07, 6.45) is 2.89. The van der Waals surface area contributed by atoms with E-state index in [2.05, 4.69) is 6.07 Å². The predicted octanol–water partition coefficient (Wildman–Crippen LogP) is 2.53. The molecule has 2 aromatic rings. The normalized spacial score (nSPS) is 15.9. The number of thioether (sulfide) groups is 1. The number of fused-ring (bicyclic) bond motifs is 2. The summed E-state index contributed by atoms with van der Waals surface area (Å²) in [4.78, 5) is 53.9. The van der Waals surface area contributed by atoms with Crippen molar-refractivity contribution in [1.82, 2.24) is 9.80 Å². The molecule has 0 aromatic heterocycles. The molecule has 2 aliphatic rings. The maximum atomic E-state index is 12.9. The number of nitrogens with zero attached hydrogens (tertiary/aromatic N) is 2. The highest BCUT2D eigenvalue weighted by molar-refractivity contribution is 7.98. The molecule has 2 aliphatic heterocycles. The van der Waals surface area contributed by atoms with E-state index in [0.29, 0.717) is 18.8 Å². The fourth-order valence-electron chi connectivity index (χ4n) is 4.10. The largest absolute Gasteiger partial charge is 0.454 e. The minimum absolute atomic E-state index is 0.261. The van der Waals surface area contributed by atoms with Gasteiger partial charge in [-0.1, -0.05) is 36.4 Å². The van der Waals surface area contributed by atoms with Gasteiger partial charge in [-0.05, 0) is 48.1 Å². The highest BCUT2D eigenvalue weighted by atomic mass is 32.2. The molecule has 0 fully saturated rings. The van der Waals surface area contributed by atoms with Gasteiger partial charge >= 0.3 is 5.97 Å². The molecule has 0 N–H and O–H groups in total. The van der Waals surface area contributed by atoms with Gasteiger partial charge in [0.1, 0.15) is 6.04 Å². The van der Waals surface area contributed by atoms with Gasteiger partial charge in [0.05, 0.1) is 11.1 Å². The molecule has 32 heavy (non-hydrogen) atoms. The second-order valence-electron chi connectivity index (χ2n) is 7.76. The summed E-state index contributed by atoms with van der Waals surface area (Å²) in [5.41, 5.74) is 2.86. The number of carbonyl (C=O) groups is 4. The number of rotatable bonds is 7. The Kier molecular flexibility index (Phi) is 6.60. The quantitative estimate of drug-likeness (QED) is 0.474. The molecule has 0 bridgehead atoms. The van der Waals surface area contributed by atoms with E-state index in [1.54, 1.807) is 29.2 Å². The van der Waals surface area contributed by atoms with Crippen molar-refractivity contribution in [3.05, 3.63) is 70.8 Å². The van der Waals surface area contributed by atoms with Gasteiger partial charge in [0, 0.05) is 13.1 Å². The fraction of sp³-hybridized carbons (Fsp3) is 0.333. The van der Waals surface area contributed by atoms with Crippen molar-refractivity contribution in [2.24, 2.45) is 0 Å². The highest BCUT2D eigenvalue weighted by Gasteiger charge is 2.43. The van der Waals surface area contributed by atoms with E-state index < -0.39 is 30.4 Å². The molecule has 0 radical (unpaired) electrons. The lowest BCUT2D eigenvalue weighted by molar-refractivity contribution is -0.155. The van der Waals surface area contributed by atoms with Crippen molar-refractivity contribution in [1.29, 1.82) is 0 Å². The average Bonchev–Trinajstić information content (AvgIpc) is 3.08. The minimum atomic E-state index is -1.07. The zero-order chi connectivity index (χ0) is 22.7. The Morgan fingerprint density at radius 1 is 1.00 bits per heavy atom. The van der Waals surface area contributed by atoms with E-state index in [-0.39, 0.29) is 23.5 Å². The molecule has 7 nitrogen and oxygen atoms in total. The maximum Gasteiger partial charge on any atom is 0.329 e. The van der Waals surface area contributed by atoms with E-state index in [1.807, 2.05) is 24.5 Å². The minimum Gasteiger partial charge on any atom is -0.454 e. The molecule has 3 amide bonds. The Morgan fingerprint density at radius 3 is 2.28 bits per heavy atom. The van der Waals surface area contributed by atoms with Crippen LogP contribution in [0.3, 0.4) is 0 Å². The van der Waals surface area contributed by atoms with Gasteiger partial charge in [-0.3, -0.25) is 19.3 Å². The van der Waals surface area contributed by atoms with E-state index in [4.69, 9.17) is 4.74 Å². The standard InChI is InChI=1S/C24H24N2O5S/c1-32-13-11-20(26-22(28)18-8-4-5-9-19(18)23(26)29)24(30)31-15-21(27)25-12-10-16-6-2-3-7-17(16)14-25/h2-9,20H,10-15H2,1H3. The Morgan fingerprint density at radius 2 is 1.62 bits per heavy atom. The molecule has 0 aliphatic carbocycles. The number of amides is 3. The number of esters is 1. The Bertz CT molecular complexity index is 1030. The molecule has 0 saturated heterocycles. The number of hydrogen-bond acceptors (Lipinski definition) is 6. The number of ether oxygens (including phenoxy) is 1. The first kappa shape index (κ1) is 22.1. The molecule has 8 heteroatoms. The summed E-state index contributed by atoms with van der Waals surface area (Å²) in [6.45, 7) is 0.614. The van der Waals surface area contributed by atoms with Crippen molar-refractivity contribution in [3.63, 3.8) is 0 Å². The molecule has 1 unspecified atom stereocenters. The molecule has 0 spiro atoms. The molecular formula is C24H24N2O5S. The van der Waals surface area contributed by atoms with Crippen molar-refractivity contribution in [2.45, 2.75) is 25.4 Å². The summed E-state index contributed by atoms with van der Waals surface area (Å²) >= 11 is 1.50. The number of hydrogen-bond donors (Lipinski definition) is 0. The van der Waals surface area contributed by atoms with Gasteiger partial charge in [-0.25, -0.2) is 4.79 Å². The summed E-state index contributed by atoms with van der Waals surface area (Å²) in [5.74, 6) is -1.48. The average molecular weight is 453 g/mol. The monoisotopic (exact) mass is 452 g/mol. The molecule has 2 aromatic carbocycles. The maximum absolute atomic E-state index is 12.9. The number of benzene rings is 2. The van der Waals surface area contributed by atoms with Crippen LogP contribution in [0.5, 0.6) is 0 Å². The van der Waals surface area contributed by atoms with E-state index in [1.165, 1.54) is 17.3 Å². The topological polar surface area (TPSA) is 84.0 Å². The van der Waals surface area contributed by atoms with Crippen LogP contribution in [-0.2, 0) is 27.3 Å². The Hall–Kier alpha value is -3.13. The van der Waals surface area contributed by atoms with E-state index in [0.717, 1.165) is 16.9 Å². The summed E-state index contributed by atoms with van der Waals surface area (Å²) in [5, 5.41) is 0. The van der Waals surface area contributed by atoms with Crippen LogP contribution >= 0.6 is 11.8 Å². The van der Waals surface area contributed by atoms with Crippen LogP contribution in [0.1, 0.15) is 38.3 Å². The van der Waals surface area contributed by atoms with Gasteiger partial charge in [0.25, 0.3) is 17.7 Å². The lowest BCUT2D eigenvalue weighted by Crippen LogP contribution is -2.47. The molecule has 0 saturated carbocycles. The van der Waals surface area contributed by atoms with Gasteiger partial charge in [-0.15, -0.1) is 0 Å². The summed E-state index contributed by atoms with van der Waals surface area (Å²) in [6, 6.07) is 13.4. The zero-order valence-electron chi connectivity index (χ0n) is 17.8. The molecule has 4 rings (SSSR count). The van der Waals surface area contributed by atoms with Gasteiger partial charge in [-0.2, -0.15) is 11.8 Å². The van der Waals surface area contributed by atoms with Crippen molar-refractivity contribution in [3.8, 4) is 0 Å². The van der Waals surface area contributed by atoms with Crippen molar-refractivity contribution < 1.29 is 23.9 Å². The van der Waals surface area contributed by atoms with Crippen LogP contribution in [0.25, 0.3) is 0 Å².